The summed E-state index contributed by atoms with van der Waals surface area (Å²) in [6, 6.07) is 23.7. The molecule has 0 aliphatic heterocycles. The highest BCUT2D eigenvalue weighted by molar-refractivity contribution is 5.85. The molecule has 0 aliphatic carbocycles. The van der Waals surface area contributed by atoms with E-state index in [2.05, 4.69) is 51.0 Å². The van der Waals surface area contributed by atoms with E-state index in [9.17, 15) is 0 Å². The topological polar surface area (TPSA) is 143 Å². The number of pyridine rings is 2. The second-order valence-corrected chi connectivity index (χ2v) is 10.9. The number of fused-ring (bicyclic) bond motifs is 2. The van der Waals surface area contributed by atoms with Crippen LogP contribution in [0.1, 0.15) is 17.1 Å². The van der Waals surface area contributed by atoms with Crippen molar-refractivity contribution in [3.8, 4) is 34.2 Å². The summed E-state index contributed by atoms with van der Waals surface area (Å²) in [5.74, 6) is 1.84. The molecular formula is C36H28N12. The van der Waals surface area contributed by atoms with Crippen LogP contribution in [0.25, 0.3) is 60.8 Å². The predicted molar refractivity (Wildman–Crippen MR) is 183 cm³/mol. The van der Waals surface area contributed by atoms with Crippen molar-refractivity contribution >= 4 is 27.6 Å². The first-order valence-electron chi connectivity index (χ1n) is 15.0. The SMILES string of the molecule is Cc1cccc(-n2ncc3ccc(-c4cncc(CN)n4)cc32)n1.[C-]#[N+]c1cncc(-c2ccc3cnn(-c4cccc(C)n4)c3c2)n1. The summed E-state index contributed by atoms with van der Waals surface area (Å²) in [5, 5.41) is 11.0. The van der Waals surface area contributed by atoms with Crippen molar-refractivity contribution in [3.63, 3.8) is 0 Å². The minimum Gasteiger partial charge on any atom is -0.359 e. The van der Waals surface area contributed by atoms with Gasteiger partial charge in [0.2, 0.25) is 0 Å². The Morgan fingerprint density at radius 3 is 1.69 bits per heavy atom. The molecule has 48 heavy (non-hydrogen) atoms. The number of nitrogens with two attached hydrogens (primary N) is 1. The Hall–Kier alpha value is -6.71. The molecule has 0 fully saturated rings. The van der Waals surface area contributed by atoms with Gasteiger partial charge in [-0.05, 0) is 56.3 Å². The maximum absolute atomic E-state index is 7.08. The minimum absolute atomic E-state index is 0.279. The highest BCUT2D eigenvalue weighted by Gasteiger charge is 2.12. The third-order valence-electron chi connectivity index (χ3n) is 7.54. The first kappa shape index (κ1) is 30.0. The number of aryl methyl sites for hydroxylation is 2. The van der Waals surface area contributed by atoms with Gasteiger partial charge >= 0.3 is 0 Å². The van der Waals surface area contributed by atoms with Gasteiger partial charge in [0.15, 0.2) is 17.3 Å². The van der Waals surface area contributed by atoms with Crippen LogP contribution in [0.15, 0.2) is 110 Å². The van der Waals surface area contributed by atoms with Crippen molar-refractivity contribution < 1.29 is 0 Å². The Labute approximate surface area is 275 Å². The molecule has 8 rings (SSSR count). The molecule has 232 valence electrons. The maximum atomic E-state index is 7.08. The van der Waals surface area contributed by atoms with E-state index in [0.29, 0.717) is 12.2 Å². The van der Waals surface area contributed by atoms with Crippen LogP contribution in [0.3, 0.4) is 0 Å². The van der Waals surface area contributed by atoms with Crippen LogP contribution >= 0.6 is 0 Å². The minimum atomic E-state index is 0.279. The summed E-state index contributed by atoms with van der Waals surface area (Å²) in [4.78, 5) is 29.6. The number of benzene rings is 2. The zero-order valence-corrected chi connectivity index (χ0v) is 26.1. The van der Waals surface area contributed by atoms with E-state index < -0.39 is 0 Å². The van der Waals surface area contributed by atoms with Crippen LogP contribution in [-0.4, -0.2) is 49.5 Å². The number of rotatable bonds is 5. The molecule has 0 saturated carbocycles. The van der Waals surface area contributed by atoms with Gasteiger partial charge in [0, 0.05) is 46.0 Å². The predicted octanol–water partition coefficient (Wildman–Crippen LogP) is 6.38. The van der Waals surface area contributed by atoms with Gasteiger partial charge in [-0.25, -0.2) is 24.3 Å². The Bertz CT molecular complexity index is 2450. The Morgan fingerprint density at radius 1 is 0.625 bits per heavy atom. The van der Waals surface area contributed by atoms with E-state index in [1.165, 1.54) is 6.20 Å². The van der Waals surface area contributed by atoms with Gasteiger partial charge in [-0.3, -0.25) is 9.97 Å². The van der Waals surface area contributed by atoms with Crippen molar-refractivity contribution in [2.24, 2.45) is 5.73 Å². The maximum Gasteiger partial charge on any atom is 0.288 e. The zero-order chi connectivity index (χ0) is 33.0. The molecule has 12 nitrogen and oxygen atoms in total. The molecular weight excluding hydrogens is 600 g/mol. The smallest absolute Gasteiger partial charge is 0.288 e. The van der Waals surface area contributed by atoms with Gasteiger partial charge in [0.25, 0.3) is 5.82 Å². The summed E-state index contributed by atoms with van der Waals surface area (Å²) in [7, 11) is 0. The second kappa shape index (κ2) is 13.0. The Morgan fingerprint density at radius 2 is 1.17 bits per heavy atom. The molecule has 12 heteroatoms. The third-order valence-corrected chi connectivity index (χ3v) is 7.54. The highest BCUT2D eigenvalue weighted by atomic mass is 15.3. The van der Waals surface area contributed by atoms with Crippen molar-refractivity contribution in [1.82, 2.24) is 49.5 Å². The molecule has 0 amide bonds. The van der Waals surface area contributed by atoms with Crippen molar-refractivity contribution in [3.05, 3.63) is 138 Å². The average Bonchev–Trinajstić information content (AvgIpc) is 3.76. The fourth-order valence-electron chi connectivity index (χ4n) is 5.21. The summed E-state index contributed by atoms with van der Waals surface area (Å²) >= 11 is 0. The summed E-state index contributed by atoms with van der Waals surface area (Å²) in [5.41, 5.74) is 13.5. The molecule has 2 aromatic carbocycles. The molecule has 0 unspecified atom stereocenters. The second-order valence-electron chi connectivity index (χ2n) is 10.9. The van der Waals surface area contributed by atoms with E-state index in [1.54, 1.807) is 23.3 Å². The molecule has 6 heterocycles. The summed E-state index contributed by atoms with van der Waals surface area (Å²) < 4.78 is 3.64. The van der Waals surface area contributed by atoms with Gasteiger partial charge in [0.05, 0.1) is 53.4 Å². The number of hydrogen-bond donors (Lipinski definition) is 1. The van der Waals surface area contributed by atoms with Crippen molar-refractivity contribution in [2.45, 2.75) is 20.4 Å². The fourth-order valence-corrected chi connectivity index (χ4v) is 5.21. The quantitative estimate of drug-likeness (QED) is 0.215. The first-order valence-corrected chi connectivity index (χ1v) is 15.0. The lowest BCUT2D eigenvalue weighted by Gasteiger charge is -2.06. The molecule has 0 bridgehead atoms. The van der Waals surface area contributed by atoms with E-state index >= 15 is 0 Å². The van der Waals surface area contributed by atoms with E-state index in [4.69, 9.17) is 12.3 Å². The van der Waals surface area contributed by atoms with Crippen LogP contribution in [-0.2, 0) is 6.54 Å². The standard InChI is InChI=1S/C18H12N6.C18H16N6/c1-12-4-3-5-18(22-12)24-16-8-13(6-7-14(16)9-21-24)15-10-20-11-17(19-2)23-15;1-12-3-2-4-18(22-12)24-17-7-13(5-6-14(17)9-21-24)16-11-20-10-15(8-19)23-16/h3-11H,1H3;2-7,9-11H,8,19H2,1H3. The lowest BCUT2D eigenvalue weighted by Crippen LogP contribution is -2.02. The number of hydrogen-bond acceptors (Lipinski definition) is 9. The Balaban J connectivity index is 0.000000152. The highest BCUT2D eigenvalue weighted by Crippen LogP contribution is 2.26. The average molecular weight is 629 g/mol. The lowest BCUT2D eigenvalue weighted by molar-refractivity contribution is 0.867. The molecule has 0 radical (unpaired) electrons. The van der Waals surface area contributed by atoms with Gasteiger partial charge < -0.3 is 10.6 Å². The lowest BCUT2D eigenvalue weighted by atomic mass is 10.1. The van der Waals surface area contributed by atoms with Crippen LogP contribution in [0, 0.1) is 20.4 Å². The molecule has 0 spiro atoms. The van der Waals surface area contributed by atoms with Crippen LogP contribution in [0.2, 0.25) is 0 Å². The molecule has 0 atom stereocenters. The molecule has 0 aliphatic rings. The largest absolute Gasteiger partial charge is 0.359 e. The fraction of sp³-hybridized carbons (Fsp3) is 0.0833. The molecule has 6 aromatic heterocycles. The van der Waals surface area contributed by atoms with Gasteiger partial charge in [-0.15, -0.1) is 4.98 Å². The molecule has 0 saturated heterocycles. The molecule has 8 aromatic rings. The van der Waals surface area contributed by atoms with Crippen LogP contribution < -0.4 is 5.73 Å². The van der Waals surface area contributed by atoms with E-state index in [1.807, 2.05) is 97.7 Å². The first-order chi connectivity index (χ1) is 23.5. The third kappa shape index (κ3) is 6.09. The van der Waals surface area contributed by atoms with Gasteiger partial charge in [-0.1, -0.05) is 36.9 Å². The molecule has 2 N–H and O–H groups in total. The number of nitrogens with zero attached hydrogens (tertiary/aromatic N) is 11. The van der Waals surface area contributed by atoms with Gasteiger partial charge in [-0.2, -0.15) is 10.2 Å². The Kier molecular flexibility index (Phi) is 8.09. The zero-order valence-electron chi connectivity index (χ0n) is 26.1. The van der Waals surface area contributed by atoms with Crippen LogP contribution in [0.4, 0.5) is 5.82 Å². The monoisotopic (exact) mass is 628 g/mol. The normalized spacial score (nSPS) is 10.9. The summed E-state index contributed by atoms with van der Waals surface area (Å²) in [6.45, 7) is 11.4. The van der Waals surface area contributed by atoms with E-state index in [-0.39, 0.29) is 5.82 Å². The van der Waals surface area contributed by atoms with E-state index in [0.717, 1.165) is 67.3 Å². The van der Waals surface area contributed by atoms with Crippen molar-refractivity contribution in [1.29, 1.82) is 0 Å². The van der Waals surface area contributed by atoms with Crippen molar-refractivity contribution in [2.75, 3.05) is 0 Å². The van der Waals surface area contributed by atoms with Crippen LogP contribution in [0.5, 0.6) is 0 Å². The number of aromatic nitrogens is 10. The summed E-state index contributed by atoms with van der Waals surface area (Å²) in [6.07, 6.45) is 10.2. The van der Waals surface area contributed by atoms with Gasteiger partial charge in [0.1, 0.15) is 0 Å².